The van der Waals surface area contributed by atoms with E-state index in [1.165, 1.54) is 6.92 Å². The van der Waals surface area contributed by atoms with Gasteiger partial charge in [-0.1, -0.05) is 29.8 Å². The molecule has 0 aromatic heterocycles. The summed E-state index contributed by atoms with van der Waals surface area (Å²) in [6, 6.07) is 8.68. The average Bonchev–Trinajstić information content (AvgIpc) is 2.59. The van der Waals surface area contributed by atoms with Crippen LogP contribution < -0.4 is 10.6 Å². The zero-order chi connectivity index (χ0) is 19.9. The number of nitriles is 1. The first-order valence-electron chi connectivity index (χ1n) is 8.05. The van der Waals surface area contributed by atoms with Crippen molar-refractivity contribution in [2.45, 2.75) is 39.3 Å². The third-order valence-corrected chi connectivity index (χ3v) is 4.48. The zero-order valence-corrected chi connectivity index (χ0v) is 16.7. The molecule has 0 aliphatic rings. The minimum Gasteiger partial charge on any atom is -0.451 e. The Morgan fingerprint density at radius 1 is 1.23 bits per heavy atom. The first-order valence-corrected chi connectivity index (χ1v) is 8.85. The maximum Gasteiger partial charge on any atom is 0.326 e. The van der Waals surface area contributed by atoms with Gasteiger partial charge in [-0.3, -0.25) is 14.4 Å². The molecule has 0 fully saturated rings. The number of esters is 1. The predicted molar refractivity (Wildman–Crippen MR) is 99.0 cm³/mol. The second-order valence-corrected chi connectivity index (χ2v) is 7.20. The van der Waals surface area contributed by atoms with Crippen molar-refractivity contribution in [1.82, 2.24) is 10.6 Å². The molecule has 1 aromatic carbocycles. The molecule has 1 rings (SSSR count). The maximum atomic E-state index is 12.1. The molecule has 0 radical (unpaired) electrons. The average molecular weight is 424 g/mol. The fourth-order valence-electron chi connectivity index (χ4n) is 1.81. The summed E-state index contributed by atoms with van der Waals surface area (Å²) in [7, 11) is 0. The molecule has 7 nitrogen and oxygen atoms in total. The van der Waals surface area contributed by atoms with Crippen LogP contribution in [-0.2, 0) is 14.3 Å². The lowest BCUT2D eigenvalue weighted by Crippen LogP contribution is -2.52. The Bertz CT molecular complexity index is 712. The van der Waals surface area contributed by atoms with Gasteiger partial charge in [0.15, 0.2) is 6.10 Å². The number of carbonyl (C=O) groups is 3. The summed E-state index contributed by atoms with van der Waals surface area (Å²) >= 11 is 3.27. The van der Waals surface area contributed by atoms with Crippen LogP contribution in [0.2, 0.25) is 0 Å². The highest BCUT2D eigenvalue weighted by Gasteiger charge is 2.32. The van der Waals surface area contributed by atoms with E-state index >= 15 is 0 Å². The summed E-state index contributed by atoms with van der Waals surface area (Å²) in [5.74, 6) is -1.87. The van der Waals surface area contributed by atoms with Gasteiger partial charge in [0.1, 0.15) is 12.1 Å². The summed E-state index contributed by atoms with van der Waals surface area (Å²) in [5, 5.41) is 14.2. The third kappa shape index (κ3) is 6.15. The van der Waals surface area contributed by atoms with Gasteiger partial charge in [-0.25, -0.2) is 0 Å². The molecule has 2 unspecified atom stereocenters. The van der Waals surface area contributed by atoms with Gasteiger partial charge in [0, 0.05) is 10.0 Å². The lowest BCUT2D eigenvalue weighted by Gasteiger charge is -2.28. The van der Waals surface area contributed by atoms with E-state index in [4.69, 9.17) is 4.74 Å². The zero-order valence-electron chi connectivity index (χ0n) is 15.1. The topological polar surface area (TPSA) is 108 Å². The molecule has 0 spiro atoms. The number of benzene rings is 1. The lowest BCUT2D eigenvalue weighted by atomic mass is 9.90. The molecular formula is C18H22BrN3O4. The second kappa shape index (κ2) is 9.34. The molecular weight excluding hydrogens is 402 g/mol. The molecule has 0 heterocycles. The Labute approximate surface area is 161 Å². The van der Waals surface area contributed by atoms with Crippen molar-refractivity contribution in [2.24, 2.45) is 5.92 Å². The Kier molecular flexibility index (Phi) is 7.77. The standard InChI is InChI=1S/C18H22BrN3O4/c1-11(2)18(4,10-20)22-16(24)12(3)26-15(23)9-21-17(25)13-5-7-14(19)8-6-13/h5-8,11-12H,9H2,1-4H3,(H,21,25)(H,22,24). The number of carbonyl (C=O) groups excluding carboxylic acids is 3. The number of ether oxygens (including phenoxy) is 1. The van der Waals surface area contributed by atoms with Crippen LogP contribution in [0.1, 0.15) is 38.1 Å². The summed E-state index contributed by atoms with van der Waals surface area (Å²) in [4.78, 5) is 35.9. The van der Waals surface area contributed by atoms with Crippen LogP contribution in [0.3, 0.4) is 0 Å². The smallest absolute Gasteiger partial charge is 0.326 e. The molecule has 1 aromatic rings. The normalized spacial score (nSPS) is 13.9. The molecule has 140 valence electrons. The van der Waals surface area contributed by atoms with E-state index in [1.54, 1.807) is 45.0 Å². The number of nitrogens with zero attached hydrogens (tertiary/aromatic N) is 1. The summed E-state index contributed by atoms with van der Waals surface area (Å²) in [5.41, 5.74) is -0.665. The number of hydrogen-bond donors (Lipinski definition) is 2. The van der Waals surface area contributed by atoms with Crippen LogP contribution >= 0.6 is 15.9 Å². The highest BCUT2D eigenvalue weighted by molar-refractivity contribution is 9.10. The van der Waals surface area contributed by atoms with Gasteiger partial charge in [-0.2, -0.15) is 5.26 Å². The fraction of sp³-hybridized carbons (Fsp3) is 0.444. The molecule has 26 heavy (non-hydrogen) atoms. The summed E-state index contributed by atoms with van der Waals surface area (Å²) in [6.07, 6.45) is -1.08. The van der Waals surface area contributed by atoms with Gasteiger partial charge in [0.2, 0.25) is 0 Å². The number of nitrogens with one attached hydrogen (secondary N) is 2. The van der Waals surface area contributed by atoms with Crippen molar-refractivity contribution in [1.29, 1.82) is 5.26 Å². The molecule has 2 atom stereocenters. The van der Waals surface area contributed by atoms with Crippen molar-refractivity contribution < 1.29 is 19.1 Å². The highest BCUT2D eigenvalue weighted by Crippen LogP contribution is 2.15. The van der Waals surface area contributed by atoms with Crippen LogP contribution in [0.4, 0.5) is 0 Å². The predicted octanol–water partition coefficient (Wildman–Crippen LogP) is 2.17. The van der Waals surface area contributed by atoms with Crippen molar-refractivity contribution in [3.05, 3.63) is 34.3 Å². The molecule has 8 heteroatoms. The Hall–Kier alpha value is -2.40. The van der Waals surface area contributed by atoms with Crippen LogP contribution in [0.25, 0.3) is 0 Å². The van der Waals surface area contributed by atoms with Crippen molar-refractivity contribution in [3.63, 3.8) is 0 Å². The van der Waals surface area contributed by atoms with Gasteiger partial charge in [-0.15, -0.1) is 0 Å². The molecule has 2 amide bonds. The fourth-order valence-corrected chi connectivity index (χ4v) is 2.07. The van der Waals surface area contributed by atoms with Gasteiger partial charge in [-0.05, 0) is 44.0 Å². The summed E-state index contributed by atoms with van der Waals surface area (Å²) < 4.78 is 5.84. The monoisotopic (exact) mass is 423 g/mol. The van der Waals surface area contributed by atoms with Gasteiger partial charge < -0.3 is 15.4 Å². The lowest BCUT2D eigenvalue weighted by molar-refractivity contribution is -0.154. The Balaban J connectivity index is 2.51. The van der Waals surface area contributed by atoms with E-state index in [1.807, 2.05) is 6.07 Å². The summed E-state index contributed by atoms with van der Waals surface area (Å²) in [6.45, 7) is 6.24. The SMILES string of the molecule is CC(OC(=O)CNC(=O)c1ccc(Br)cc1)C(=O)NC(C)(C#N)C(C)C. The number of hydrogen-bond acceptors (Lipinski definition) is 5. The molecule has 2 N–H and O–H groups in total. The second-order valence-electron chi connectivity index (χ2n) is 6.28. The maximum absolute atomic E-state index is 12.1. The van der Waals surface area contributed by atoms with E-state index in [0.29, 0.717) is 5.56 Å². The van der Waals surface area contributed by atoms with Crippen molar-refractivity contribution >= 4 is 33.7 Å². The molecule has 0 aliphatic carbocycles. The minimum atomic E-state index is -1.08. The minimum absolute atomic E-state index is 0.121. The Morgan fingerprint density at radius 3 is 2.31 bits per heavy atom. The molecule has 0 saturated heterocycles. The van der Waals surface area contributed by atoms with E-state index < -0.39 is 29.4 Å². The molecule has 0 saturated carbocycles. The molecule has 0 bridgehead atoms. The van der Waals surface area contributed by atoms with Crippen LogP contribution in [0.5, 0.6) is 0 Å². The number of rotatable bonds is 7. The van der Waals surface area contributed by atoms with E-state index in [2.05, 4.69) is 26.6 Å². The third-order valence-electron chi connectivity index (χ3n) is 3.95. The van der Waals surface area contributed by atoms with Gasteiger partial charge in [0.05, 0.1) is 6.07 Å². The highest BCUT2D eigenvalue weighted by atomic mass is 79.9. The van der Waals surface area contributed by atoms with Crippen LogP contribution in [0, 0.1) is 17.2 Å². The first kappa shape index (κ1) is 21.6. The van der Waals surface area contributed by atoms with Gasteiger partial charge >= 0.3 is 5.97 Å². The van der Waals surface area contributed by atoms with E-state index in [9.17, 15) is 19.6 Å². The first-order chi connectivity index (χ1) is 12.1. The van der Waals surface area contributed by atoms with Crippen LogP contribution in [-0.4, -0.2) is 36.0 Å². The Morgan fingerprint density at radius 2 is 1.81 bits per heavy atom. The number of amides is 2. The largest absolute Gasteiger partial charge is 0.451 e. The molecule has 0 aliphatic heterocycles. The number of halogens is 1. The van der Waals surface area contributed by atoms with E-state index in [-0.39, 0.29) is 12.5 Å². The van der Waals surface area contributed by atoms with Gasteiger partial charge in [0.25, 0.3) is 11.8 Å². The van der Waals surface area contributed by atoms with Crippen LogP contribution in [0.15, 0.2) is 28.7 Å². The van der Waals surface area contributed by atoms with Crippen molar-refractivity contribution in [2.75, 3.05) is 6.54 Å². The van der Waals surface area contributed by atoms with E-state index in [0.717, 1.165) is 4.47 Å². The quantitative estimate of drug-likeness (QED) is 0.653. The van der Waals surface area contributed by atoms with Crippen molar-refractivity contribution in [3.8, 4) is 6.07 Å².